The molecule has 2 atom stereocenters. The predicted octanol–water partition coefficient (Wildman–Crippen LogP) is 3.38. The molecular formula is C16H32N2O. The number of piperidine rings is 1. The molecule has 0 bridgehead atoms. The first-order valence-corrected chi connectivity index (χ1v) is 8.25. The van der Waals surface area contributed by atoms with Gasteiger partial charge in [-0.2, -0.15) is 0 Å². The summed E-state index contributed by atoms with van der Waals surface area (Å²) in [5, 5.41) is 6.59. The van der Waals surface area contributed by atoms with Crippen LogP contribution in [0.3, 0.4) is 0 Å². The number of hydrogen-bond donors (Lipinski definition) is 2. The van der Waals surface area contributed by atoms with Crippen LogP contribution in [0.4, 0.5) is 0 Å². The molecule has 0 saturated carbocycles. The second kappa shape index (κ2) is 10.2. The van der Waals surface area contributed by atoms with Crippen LogP contribution in [0.15, 0.2) is 0 Å². The molecule has 0 aliphatic carbocycles. The molecule has 0 aromatic rings. The van der Waals surface area contributed by atoms with E-state index in [-0.39, 0.29) is 5.91 Å². The fourth-order valence-corrected chi connectivity index (χ4v) is 2.81. The smallest absolute Gasteiger partial charge is 0.220 e. The molecule has 3 nitrogen and oxygen atoms in total. The highest BCUT2D eigenvalue weighted by Crippen LogP contribution is 2.10. The van der Waals surface area contributed by atoms with Crippen molar-refractivity contribution in [2.75, 3.05) is 6.54 Å². The topological polar surface area (TPSA) is 41.1 Å². The highest BCUT2D eigenvalue weighted by Gasteiger charge is 2.19. The minimum atomic E-state index is 0.257. The molecule has 1 fully saturated rings. The lowest BCUT2D eigenvalue weighted by molar-refractivity contribution is -0.122. The maximum Gasteiger partial charge on any atom is 0.220 e. The van der Waals surface area contributed by atoms with Gasteiger partial charge in [-0.05, 0) is 32.7 Å². The molecule has 1 aliphatic heterocycles. The Labute approximate surface area is 118 Å². The molecule has 1 heterocycles. The lowest BCUT2D eigenvalue weighted by atomic mass is 10.0. The summed E-state index contributed by atoms with van der Waals surface area (Å²) in [7, 11) is 0. The van der Waals surface area contributed by atoms with E-state index in [9.17, 15) is 4.79 Å². The fourth-order valence-electron chi connectivity index (χ4n) is 2.81. The summed E-state index contributed by atoms with van der Waals surface area (Å²) in [6, 6.07) is 0.936. The summed E-state index contributed by atoms with van der Waals surface area (Å²) in [5.74, 6) is 0.257. The standard InChI is InChI=1S/C16H32N2O/c1-3-4-5-6-7-8-9-10-16(19)18-15-11-12-17-14(2)13-15/h14-15,17H,3-13H2,1-2H3,(H,18,19). The van der Waals surface area contributed by atoms with E-state index in [4.69, 9.17) is 0 Å². The Kier molecular flexibility index (Phi) is 8.89. The Morgan fingerprint density at radius 1 is 1.16 bits per heavy atom. The van der Waals surface area contributed by atoms with Crippen LogP contribution in [0.25, 0.3) is 0 Å². The maximum absolute atomic E-state index is 11.8. The number of rotatable bonds is 9. The zero-order chi connectivity index (χ0) is 13.9. The van der Waals surface area contributed by atoms with Crippen molar-refractivity contribution in [1.29, 1.82) is 0 Å². The third-order valence-electron chi connectivity index (χ3n) is 4.00. The van der Waals surface area contributed by atoms with Gasteiger partial charge in [-0.25, -0.2) is 0 Å². The van der Waals surface area contributed by atoms with Crippen molar-refractivity contribution in [1.82, 2.24) is 10.6 Å². The Balaban J connectivity index is 1.95. The lowest BCUT2D eigenvalue weighted by Gasteiger charge is -2.28. The summed E-state index contributed by atoms with van der Waals surface area (Å²) >= 11 is 0. The minimum Gasteiger partial charge on any atom is -0.353 e. The fraction of sp³-hybridized carbons (Fsp3) is 0.938. The van der Waals surface area contributed by atoms with Crippen molar-refractivity contribution in [3.05, 3.63) is 0 Å². The number of nitrogens with one attached hydrogen (secondary N) is 2. The van der Waals surface area contributed by atoms with Crippen molar-refractivity contribution in [2.45, 2.75) is 90.1 Å². The summed E-state index contributed by atoms with van der Waals surface area (Å²) in [6.07, 6.45) is 11.8. The molecule has 0 aromatic heterocycles. The van der Waals surface area contributed by atoms with E-state index in [2.05, 4.69) is 24.5 Å². The van der Waals surface area contributed by atoms with Crippen LogP contribution in [0.1, 0.15) is 78.1 Å². The van der Waals surface area contributed by atoms with Gasteiger partial charge in [0.15, 0.2) is 0 Å². The molecule has 19 heavy (non-hydrogen) atoms. The number of amides is 1. The molecular weight excluding hydrogens is 236 g/mol. The molecule has 1 aliphatic rings. The summed E-state index contributed by atoms with van der Waals surface area (Å²) in [5.41, 5.74) is 0. The first-order chi connectivity index (χ1) is 9.22. The normalized spacial score (nSPS) is 23.3. The van der Waals surface area contributed by atoms with Crippen molar-refractivity contribution in [3.63, 3.8) is 0 Å². The average Bonchev–Trinajstić information content (AvgIpc) is 2.37. The monoisotopic (exact) mass is 268 g/mol. The number of carbonyl (C=O) groups excluding carboxylic acids is 1. The number of hydrogen-bond acceptors (Lipinski definition) is 2. The van der Waals surface area contributed by atoms with Crippen molar-refractivity contribution >= 4 is 5.91 Å². The van der Waals surface area contributed by atoms with E-state index < -0.39 is 0 Å². The minimum absolute atomic E-state index is 0.257. The van der Waals surface area contributed by atoms with E-state index in [0.717, 1.165) is 25.8 Å². The van der Waals surface area contributed by atoms with Crippen molar-refractivity contribution < 1.29 is 4.79 Å². The highest BCUT2D eigenvalue weighted by molar-refractivity contribution is 5.76. The molecule has 2 unspecified atom stereocenters. The third kappa shape index (κ3) is 8.25. The van der Waals surface area contributed by atoms with Crippen LogP contribution in [0.2, 0.25) is 0 Å². The third-order valence-corrected chi connectivity index (χ3v) is 4.00. The molecule has 1 saturated heterocycles. The van der Waals surface area contributed by atoms with Crippen LogP contribution in [-0.4, -0.2) is 24.5 Å². The Morgan fingerprint density at radius 3 is 2.53 bits per heavy atom. The van der Waals surface area contributed by atoms with Crippen LogP contribution in [0.5, 0.6) is 0 Å². The van der Waals surface area contributed by atoms with Gasteiger partial charge in [-0.3, -0.25) is 4.79 Å². The van der Waals surface area contributed by atoms with Gasteiger partial charge in [0.2, 0.25) is 5.91 Å². The van der Waals surface area contributed by atoms with E-state index in [1.165, 1.54) is 38.5 Å². The quantitative estimate of drug-likeness (QED) is 0.629. The molecule has 112 valence electrons. The van der Waals surface area contributed by atoms with Gasteiger partial charge >= 0.3 is 0 Å². The molecule has 0 aromatic carbocycles. The lowest BCUT2D eigenvalue weighted by Crippen LogP contribution is -2.46. The highest BCUT2D eigenvalue weighted by atomic mass is 16.1. The van der Waals surface area contributed by atoms with Gasteiger partial charge in [0, 0.05) is 18.5 Å². The summed E-state index contributed by atoms with van der Waals surface area (Å²) < 4.78 is 0. The van der Waals surface area contributed by atoms with E-state index in [0.29, 0.717) is 18.5 Å². The Hall–Kier alpha value is -0.570. The predicted molar refractivity (Wildman–Crippen MR) is 81.2 cm³/mol. The van der Waals surface area contributed by atoms with Crippen LogP contribution in [-0.2, 0) is 4.79 Å². The molecule has 0 radical (unpaired) electrons. The average molecular weight is 268 g/mol. The second-order valence-electron chi connectivity index (χ2n) is 6.02. The number of carbonyl (C=O) groups is 1. The first kappa shape index (κ1) is 16.5. The second-order valence-corrected chi connectivity index (χ2v) is 6.02. The molecule has 2 N–H and O–H groups in total. The van der Waals surface area contributed by atoms with Gasteiger partial charge in [0.25, 0.3) is 0 Å². The molecule has 3 heteroatoms. The Bertz CT molecular complexity index is 243. The zero-order valence-corrected chi connectivity index (χ0v) is 12.8. The van der Waals surface area contributed by atoms with Gasteiger partial charge < -0.3 is 10.6 Å². The van der Waals surface area contributed by atoms with E-state index >= 15 is 0 Å². The molecule has 0 spiro atoms. The first-order valence-electron chi connectivity index (χ1n) is 8.25. The van der Waals surface area contributed by atoms with Crippen LogP contribution >= 0.6 is 0 Å². The SMILES string of the molecule is CCCCCCCCCC(=O)NC1CCNC(C)C1. The van der Waals surface area contributed by atoms with Gasteiger partial charge in [-0.15, -0.1) is 0 Å². The summed E-state index contributed by atoms with van der Waals surface area (Å²) in [6.45, 7) is 5.46. The van der Waals surface area contributed by atoms with Gasteiger partial charge in [0.1, 0.15) is 0 Å². The Morgan fingerprint density at radius 2 is 1.84 bits per heavy atom. The maximum atomic E-state index is 11.8. The van der Waals surface area contributed by atoms with Crippen molar-refractivity contribution in [3.8, 4) is 0 Å². The van der Waals surface area contributed by atoms with Crippen molar-refractivity contribution in [2.24, 2.45) is 0 Å². The van der Waals surface area contributed by atoms with E-state index in [1.807, 2.05) is 0 Å². The molecule has 1 amide bonds. The zero-order valence-electron chi connectivity index (χ0n) is 12.8. The van der Waals surface area contributed by atoms with E-state index in [1.54, 1.807) is 0 Å². The number of unbranched alkanes of at least 4 members (excludes halogenated alkanes) is 6. The van der Waals surface area contributed by atoms with Gasteiger partial charge in [0.05, 0.1) is 0 Å². The molecule has 1 rings (SSSR count). The summed E-state index contributed by atoms with van der Waals surface area (Å²) in [4.78, 5) is 11.8. The van der Waals surface area contributed by atoms with Gasteiger partial charge in [-0.1, -0.05) is 45.4 Å². The largest absolute Gasteiger partial charge is 0.353 e. The van der Waals surface area contributed by atoms with Crippen LogP contribution in [0, 0.1) is 0 Å². The van der Waals surface area contributed by atoms with Crippen LogP contribution < -0.4 is 10.6 Å².